The molecule has 23 heavy (non-hydrogen) atoms. The molecule has 0 saturated heterocycles. The predicted molar refractivity (Wildman–Crippen MR) is 96.3 cm³/mol. The molecule has 7 heteroatoms. The lowest BCUT2D eigenvalue weighted by atomic mass is 10.2. The summed E-state index contributed by atoms with van der Waals surface area (Å²) in [6.07, 6.45) is 2.02. The Morgan fingerprint density at radius 1 is 1.30 bits per heavy atom. The lowest BCUT2D eigenvalue weighted by molar-refractivity contribution is 0.126. The van der Waals surface area contributed by atoms with E-state index in [-0.39, 0.29) is 0 Å². The minimum absolute atomic E-state index is 0.466. The van der Waals surface area contributed by atoms with Crippen LogP contribution in [0.1, 0.15) is 12.7 Å². The fourth-order valence-electron chi connectivity index (χ4n) is 2.71. The van der Waals surface area contributed by atoms with E-state index in [9.17, 15) is 0 Å². The Labute approximate surface area is 139 Å². The van der Waals surface area contributed by atoms with Gasteiger partial charge in [0.2, 0.25) is 0 Å². The van der Waals surface area contributed by atoms with E-state index in [0.717, 1.165) is 40.9 Å². The number of rotatable bonds is 7. The van der Waals surface area contributed by atoms with Crippen LogP contribution in [0.25, 0.3) is 21.9 Å². The molecule has 0 atom stereocenters. The Morgan fingerprint density at radius 2 is 2.13 bits per heavy atom. The zero-order chi connectivity index (χ0) is 16.2. The van der Waals surface area contributed by atoms with Crippen LogP contribution in [0.3, 0.4) is 0 Å². The highest BCUT2D eigenvalue weighted by molar-refractivity contribution is 7.96. The van der Waals surface area contributed by atoms with Crippen molar-refractivity contribution in [2.45, 2.75) is 20.1 Å². The summed E-state index contributed by atoms with van der Waals surface area (Å²) in [4.78, 5) is 9.17. The number of aromatic nitrogens is 3. The molecule has 0 unspecified atom stereocenters. The molecule has 0 fully saturated rings. The second-order valence-corrected chi connectivity index (χ2v) is 5.82. The monoisotopic (exact) mass is 331 g/mol. The van der Waals surface area contributed by atoms with Crippen molar-refractivity contribution in [1.29, 1.82) is 0 Å². The molecule has 2 heterocycles. The van der Waals surface area contributed by atoms with Gasteiger partial charge in [0.25, 0.3) is 0 Å². The van der Waals surface area contributed by atoms with Crippen LogP contribution in [0.15, 0.2) is 24.3 Å². The molecule has 0 aliphatic heterocycles. The van der Waals surface area contributed by atoms with Crippen molar-refractivity contribution < 1.29 is 4.74 Å². The molecule has 0 aliphatic rings. The quantitative estimate of drug-likeness (QED) is 0.512. The smallest absolute Gasteiger partial charge is 0.152 e. The second-order valence-electron chi connectivity index (χ2n) is 5.13. The van der Waals surface area contributed by atoms with Crippen LogP contribution in [0.2, 0.25) is 0 Å². The number of fused-ring (bicyclic) bond motifs is 3. The molecule has 3 N–H and O–H groups in total. The third-order valence-electron chi connectivity index (χ3n) is 3.71. The highest BCUT2D eigenvalue weighted by Gasteiger charge is 2.16. The third kappa shape index (κ3) is 3.12. The van der Waals surface area contributed by atoms with Crippen LogP contribution in [0, 0.1) is 0 Å². The van der Waals surface area contributed by atoms with Gasteiger partial charge in [0, 0.05) is 25.1 Å². The summed E-state index contributed by atoms with van der Waals surface area (Å²) >= 11 is 1.61. The van der Waals surface area contributed by atoms with E-state index in [1.54, 1.807) is 11.9 Å². The molecule has 3 rings (SSSR count). The number of ether oxygens (including phenoxy) is 1. The lowest BCUT2D eigenvalue weighted by Crippen LogP contribution is -2.15. The maximum atomic E-state index is 6.14. The van der Waals surface area contributed by atoms with Crippen molar-refractivity contribution in [3.05, 3.63) is 30.1 Å². The first kappa shape index (κ1) is 16.0. The van der Waals surface area contributed by atoms with Gasteiger partial charge in [-0.1, -0.05) is 30.1 Å². The van der Waals surface area contributed by atoms with Crippen molar-refractivity contribution in [1.82, 2.24) is 19.3 Å². The van der Waals surface area contributed by atoms with Crippen molar-refractivity contribution >= 4 is 39.7 Å². The van der Waals surface area contributed by atoms with Crippen molar-refractivity contribution in [2.24, 2.45) is 0 Å². The fraction of sp³-hybridized carbons (Fsp3) is 0.375. The first-order valence-electron chi connectivity index (χ1n) is 7.63. The lowest BCUT2D eigenvalue weighted by Gasteiger charge is -2.11. The average Bonchev–Trinajstić information content (AvgIpc) is 2.93. The van der Waals surface area contributed by atoms with Crippen molar-refractivity contribution in [3.8, 4) is 0 Å². The normalized spacial score (nSPS) is 11.6. The summed E-state index contributed by atoms with van der Waals surface area (Å²) in [6.45, 7) is 4.74. The van der Waals surface area contributed by atoms with E-state index in [4.69, 9.17) is 15.5 Å². The number of nitrogens with two attached hydrogens (primary N) is 1. The summed E-state index contributed by atoms with van der Waals surface area (Å²) in [5, 5.41) is 1.07. The fourth-order valence-corrected chi connectivity index (χ4v) is 3.00. The molecule has 0 amide bonds. The van der Waals surface area contributed by atoms with Gasteiger partial charge in [-0.05, 0) is 19.2 Å². The SMILES string of the molecule is CCOCc1nc2c(N)nc3ccccc3c2n1CCNSC. The van der Waals surface area contributed by atoms with Crippen LogP contribution < -0.4 is 10.5 Å². The van der Waals surface area contributed by atoms with Crippen LogP contribution in [-0.2, 0) is 17.9 Å². The highest BCUT2D eigenvalue weighted by Crippen LogP contribution is 2.28. The van der Waals surface area contributed by atoms with E-state index >= 15 is 0 Å². The minimum atomic E-state index is 0.466. The zero-order valence-corrected chi connectivity index (χ0v) is 14.2. The van der Waals surface area contributed by atoms with Gasteiger partial charge in [-0.25, -0.2) is 9.97 Å². The number of nitrogens with one attached hydrogen (secondary N) is 1. The zero-order valence-electron chi connectivity index (χ0n) is 13.4. The predicted octanol–water partition coefficient (Wildman–Crippen LogP) is 2.57. The van der Waals surface area contributed by atoms with Crippen molar-refractivity contribution in [3.63, 3.8) is 0 Å². The molecular weight excluding hydrogens is 310 g/mol. The Morgan fingerprint density at radius 3 is 2.91 bits per heavy atom. The molecule has 0 bridgehead atoms. The molecule has 2 aromatic heterocycles. The molecule has 3 aromatic rings. The van der Waals surface area contributed by atoms with E-state index < -0.39 is 0 Å². The molecule has 1 aromatic carbocycles. The van der Waals surface area contributed by atoms with E-state index in [1.807, 2.05) is 31.4 Å². The summed E-state index contributed by atoms with van der Waals surface area (Å²) in [6, 6.07) is 8.02. The minimum Gasteiger partial charge on any atom is -0.382 e. The number of hydrogen-bond donors (Lipinski definition) is 2. The molecule has 0 aliphatic carbocycles. The number of pyridine rings is 1. The standard InChI is InChI=1S/C16H21N5OS/c1-3-22-10-13-20-14-15(21(13)9-8-18-23-2)11-6-4-5-7-12(11)19-16(14)17/h4-7,18H,3,8-10H2,1-2H3,(H2,17,19). The number of nitrogens with zero attached hydrogens (tertiary/aromatic N) is 3. The Bertz CT molecular complexity index is 817. The number of para-hydroxylation sites is 1. The van der Waals surface area contributed by atoms with Crippen LogP contribution in [0.4, 0.5) is 5.82 Å². The number of benzene rings is 1. The first-order chi connectivity index (χ1) is 11.3. The molecule has 6 nitrogen and oxygen atoms in total. The highest BCUT2D eigenvalue weighted by atomic mass is 32.2. The molecule has 122 valence electrons. The largest absolute Gasteiger partial charge is 0.382 e. The topological polar surface area (TPSA) is 78.0 Å². The van der Waals surface area contributed by atoms with Gasteiger partial charge in [0.1, 0.15) is 17.9 Å². The maximum Gasteiger partial charge on any atom is 0.152 e. The van der Waals surface area contributed by atoms with Crippen LogP contribution in [0.5, 0.6) is 0 Å². The van der Waals surface area contributed by atoms with Gasteiger partial charge in [0.15, 0.2) is 5.82 Å². The van der Waals surface area contributed by atoms with Crippen LogP contribution in [-0.4, -0.2) is 33.9 Å². The van der Waals surface area contributed by atoms with E-state index in [1.165, 1.54) is 0 Å². The summed E-state index contributed by atoms with van der Waals surface area (Å²) < 4.78 is 11.0. The Kier molecular flexibility index (Phi) is 5.00. The number of imidazole rings is 1. The second kappa shape index (κ2) is 7.16. The number of nitrogen functional groups attached to an aromatic ring is 1. The summed E-state index contributed by atoms with van der Waals surface area (Å²) in [7, 11) is 0. The van der Waals surface area contributed by atoms with E-state index in [2.05, 4.69) is 20.3 Å². The van der Waals surface area contributed by atoms with Gasteiger partial charge < -0.3 is 15.0 Å². The van der Waals surface area contributed by atoms with Gasteiger partial charge in [-0.3, -0.25) is 4.72 Å². The van der Waals surface area contributed by atoms with Crippen molar-refractivity contribution in [2.75, 3.05) is 25.1 Å². The first-order valence-corrected chi connectivity index (χ1v) is 8.85. The molecule has 0 saturated carbocycles. The summed E-state index contributed by atoms with van der Waals surface area (Å²) in [5.41, 5.74) is 8.81. The van der Waals surface area contributed by atoms with Gasteiger partial charge in [-0.2, -0.15) is 0 Å². The van der Waals surface area contributed by atoms with Gasteiger partial charge in [-0.15, -0.1) is 0 Å². The number of hydrogen-bond acceptors (Lipinski definition) is 6. The maximum absolute atomic E-state index is 6.14. The number of anilines is 1. The van der Waals surface area contributed by atoms with Gasteiger partial charge in [0.05, 0.1) is 11.0 Å². The molecule has 0 spiro atoms. The van der Waals surface area contributed by atoms with E-state index in [0.29, 0.717) is 19.0 Å². The Hall–Kier alpha value is -1.83. The average molecular weight is 331 g/mol. The third-order valence-corrected chi connectivity index (χ3v) is 4.20. The van der Waals surface area contributed by atoms with Crippen LogP contribution >= 0.6 is 11.9 Å². The Balaban J connectivity index is 2.19. The van der Waals surface area contributed by atoms with Gasteiger partial charge >= 0.3 is 0 Å². The molecule has 0 radical (unpaired) electrons. The summed E-state index contributed by atoms with van der Waals surface area (Å²) in [5.74, 6) is 1.35. The molecular formula is C16H21N5OS.